The average Bonchev–Trinajstić information content (AvgIpc) is 3.14. The molecule has 2 aromatic carbocycles. The number of ether oxygens (including phenoxy) is 2. The highest BCUT2D eigenvalue weighted by Gasteiger charge is 2.17. The number of hydrogen-bond acceptors (Lipinski definition) is 8. The highest BCUT2D eigenvalue weighted by atomic mass is 32.2. The van der Waals surface area contributed by atoms with Gasteiger partial charge in [-0.15, -0.1) is 5.10 Å². The van der Waals surface area contributed by atoms with Gasteiger partial charge in [-0.25, -0.2) is 0 Å². The number of rotatable bonds is 7. The first-order valence-electron chi connectivity index (χ1n) is 7.58. The molecule has 3 aromatic rings. The third kappa shape index (κ3) is 3.77. The fourth-order valence-electron chi connectivity index (χ4n) is 2.26. The van der Waals surface area contributed by atoms with Gasteiger partial charge in [-0.05, 0) is 52.9 Å². The smallest absolute Gasteiger partial charge is 0.214 e. The molecule has 0 aliphatic rings. The topological polar surface area (TPSA) is 99.4 Å². The van der Waals surface area contributed by atoms with Crippen LogP contribution in [0.5, 0.6) is 17.2 Å². The maximum atomic E-state index is 12.6. The molecule has 3 rings (SSSR count). The Kier molecular flexibility index (Phi) is 5.37. The normalized spacial score (nSPS) is 10.5. The van der Waals surface area contributed by atoms with Crippen LogP contribution in [0.4, 0.5) is 0 Å². The van der Waals surface area contributed by atoms with Crippen LogP contribution in [0.2, 0.25) is 0 Å². The molecule has 0 atom stereocenters. The molecule has 9 heteroatoms. The zero-order valence-electron chi connectivity index (χ0n) is 14.1. The maximum Gasteiger partial charge on any atom is 0.214 e. The van der Waals surface area contributed by atoms with Crippen molar-refractivity contribution in [1.29, 1.82) is 0 Å². The second-order valence-electron chi connectivity index (χ2n) is 5.17. The van der Waals surface area contributed by atoms with E-state index in [0.29, 0.717) is 27.9 Å². The van der Waals surface area contributed by atoms with Gasteiger partial charge in [-0.3, -0.25) is 4.79 Å². The molecule has 0 bridgehead atoms. The van der Waals surface area contributed by atoms with Crippen LogP contribution in [0.1, 0.15) is 10.4 Å². The molecule has 1 heterocycles. The molecule has 0 amide bonds. The number of benzene rings is 2. The van der Waals surface area contributed by atoms with Gasteiger partial charge in [0, 0.05) is 0 Å². The zero-order chi connectivity index (χ0) is 18.5. The van der Waals surface area contributed by atoms with Gasteiger partial charge < -0.3 is 14.6 Å². The summed E-state index contributed by atoms with van der Waals surface area (Å²) in [5.74, 6) is 1.20. The van der Waals surface area contributed by atoms with Gasteiger partial charge in [0.15, 0.2) is 5.78 Å². The van der Waals surface area contributed by atoms with Crippen LogP contribution in [-0.4, -0.2) is 51.1 Å². The molecule has 8 nitrogen and oxygen atoms in total. The summed E-state index contributed by atoms with van der Waals surface area (Å²) in [4.78, 5) is 12.6. The number of carbonyl (C=O) groups is 1. The molecule has 0 radical (unpaired) electrons. The second-order valence-corrected chi connectivity index (χ2v) is 6.11. The first kappa shape index (κ1) is 17.7. The Morgan fingerprint density at radius 3 is 2.62 bits per heavy atom. The molecule has 0 aliphatic heterocycles. The summed E-state index contributed by atoms with van der Waals surface area (Å²) < 4.78 is 11.9. The lowest BCUT2D eigenvalue weighted by atomic mass is 10.1. The van der Waals surface area contributed by atoms with E-state index in [0.717, 1.165) is 0 Å². The van der Waals surface area contributed by atoms with Gasteiger partial charge in [0.25, 0.3) is 0 Å². The van der Waals surface area contributed by atoms with E-state index in [9.17, 15) is 9.90 Å². The van der Waals surface area contributed by atoms with Crippen molar-refractivity contribution >= 4 is 17.5 Å². The second kappa shape index (κ2) is 7.87. The highest BCUT2D eigenvalue weighted by Crippen LogP contribution is 2.27. The third-order valence-electron chi connectivity index (χ3n) is 3.57. The van der Waals surface area contributed by atoms with E-state index in [4.69, 9.17) is 9.47 Å². The van der Waals surface area contributed by atoms with Gasteiger partial charge in [0.1, 0.15) is 17.2 Å². The van der Waals surface area contributed by atoms with E-state index < -0.39 is 0 Å². The Bertz CT molecular complexity index is 911. The van der Waals surface area contributed by atoms with Crippen molar-refractivity contribution in [1.82, 2.24) is 20.2 Å². The van der Waals surface area contributed by atoms with Crippen LogP contribution >= 0.6 is 11.8 Å². The molecule has 0 unspecified atom stereocenters. The monoisotopic (exact) mass is 372 g/mol. The van der Waals surface area contributed by atoms with Crippen LogP contribution in [0.15, 0.2) is 47.6 Å². The van der Waals surface area contributed by atoms with E-state index in [2.05, 4.69) is 15.5 Å². The molecule has 26 heavy (non-hydrogen) atoms. The molecular formula is C17H16N4O4S. The molecule has 0 saturated heterocycles. The Balaban J connectivity index is 1.77. The number of aromatic hydroxyl groups is 1. The fourth-order valence-corrected chi connectivity index (χ4v) is 3.04. The number of methoxy groups -OCH3 is 2. The molecular weight excluding hydrogens is 356 g/mol. The zero-order valence-corrected chi connectivity index (χ0v) is 14.9. The summed E-state index contributed by atoms with van der Waals surface area (Å²) in [5.41, 5.74) is 1.12. The minimum atomic E-state index is -0.133. The number of Topliss-reactive ketones (excluding diaryl/α,β-unsaturated/α-hetero) is 1. The highest BCUT2D eigenvalue weighted by molar-refractivity contribution is 7.99. The van der Waals surface area contributed by atoms with Gasteiger partial charge >= 0.3 is 0 Å². The van der Waals surface area contributed by atoms with Crippen molar-refractivity contribution in [3.05, 3.63) is 48.0 Å². The van der Waals surface area contributed by atoms with Crippen LogP contribution in [0.3, 0.4) is 0 Å². The maximum absolute atomic E-state index is 12.6. The SMILES string of the molecule is COc1ccc(OC)c(C(=O)CSc2nnnn2-c2ccc(O)cc2)c1. The summed E-state index contributed by atoms with van der Waals surface area (Å²) in [6.07, 6.45) is 0. The standard InChI is InChI=1S/C17H16N4O4S/c1-24-13-7-8-16(25-2)14(9-13)15(23)10-26-17-18-19-20-21(17)11-3-5-12(22)6-4-11/h3-9,22H,10H2,1-2H3. The van der Waals surface area contributed by atoms with E-state index in [1.165, 1.54) is 42.8 Å². The van der Waals surface area contributed by atoms with Crippen LogP contribution in [0.25, 0.3) is 5.69 Å². The van der Waals surface area contributed by atoms with Crippen LogP contribution in [0, 0.1) is 0 Å². The summed E-state index contributed by atoms with van der Waals surface area (Å²) in [6.45, 7) is 0. The minimum Gasteiger partial charge on any atom is -0.508 e. The molecule has 0 saturated carbocycles. The minimum absolute atomic E-state index is 0.127. The largest absolute Gasteiger partial charge is 0.508 e. The summed E-state index contributed by atoms with van der Waals surface area (Å²) in [5, 5.41) is 21.4. The predicted molar refractivity (Wildman–Crippen MR) is 95.4 cm³/mol. The van der Waals surface area contributed by atoms with Crippen LogP contribution in [-0.2, 0) is 0 Å². The third-order valence-corrected chi connectivity index (χ3v) is 4.49. The number of hydrogen-bond donors (Lipinski definition) is 1. The van der Waals surface area contributed by atoms with Crippen molar-refractivity contribution < 1.29 is 19.4 Å². The number of aromatic nitrogens is 4. The van der Waals surface area contributed by atoms with E-state index in [1.54, 1.807) is 30.3 Å². The lowest BCUT2D eigenvalue weighted by Crippen LogP contribution is -2.07. The van der Waals surface area contributed by atoms with Gasteiger partial charge in [-0.2, -0.15) is 4.68 Å². The van der Waals surface area contributed by atoms with Crippen LogP contribution < -0.4 is 9.47 Å². The molecule has 1 aromatic heterocycles. The molecule has 134 valence electrons. The summed E-state index contributed by atoms with van der Waals surface area (Å²) in [7, 11) is 3.05. The first-order valence-corrected chi connectivity index (χ1v) is 8.56. The lowest BCUT2D eigenvalue weighted by molar-refractivity contribution is 0.101. The number of tetrazole rings is 1. The number of nitrogens with zero attached hydrogens (tertiary/aromatic N) is 4. The number of phenolic OH excluding ortho intramolecular Hbond substituents is 1. The Morgan fingerprint density at radius 2 is 1.92 bits per heavy atom. The average molecular weight is 372 g/mol. The van der Waals surface area contributed by atoms with Crippen molar-refractivity contribution in [2.45, 2.75) is 5.16 Å². The fraction of sp³-hybridized carbons (Fsp3) is 0.176. The quantitative estimate of drug-likeness (QED) is 0.498. The predicted octanol–water partition coefficient (Wildman–Crippen LogP) is 2.36. The molecule has 1 N–H and O–H groups in total. The molecule has 0 fully saturated rings. The van der Waals surface area contributed by atoms with Crippen molar-refractivity contribution in [2.75, 3.05) is 20.0 Å². The number of carbonyl (C=O) groups excluding carboxylic acids is 1. The Labute approximate surface area is 153 Å². The van der Waals surface area contributed by atoms with Crippen molar-refractivity contribution in [2.24, 2.45) is 0 Å². The lowest BCUT2D eigenvalue weighted by Gasteiger charge is -2.09. The number of thioether (sulfide) groups is 1. The van der Waals surface area contributed by atoms with Crippen molar-refractivity contribution in [3.63, 3.8) is 0 Å². The Morgan fingerprint density at radius 1 is 1.15 bits per heavy atom. The van der Waals surface area contributed by atoms with E-state index in [1.807, 2.05) is 0 Å². The van der Waals surface area contributed by atoms with Gasteiger partial charge in [0.2, 0.25) is 5.16 Å². The Hall–Kier alpha value is -3.07. The van der Waals surface area contributed by atoms with Crippen molar-refractivity contribution in [3.8, 4) is 22.9 Å². The van der Waals surface area contributed by atoms with E-state index >= 15 is 0 Å². The first-order chi connectivity index (χ1) is 12.6. The number of phenols is 1. The van der Waals surface area contributed by atoms with E-state index in [-0.39, 0.29) is 17.3 Å². The molecule has 0 aliphatic carbocycles. The molecule has 0 spiro atoms. The van der Waals surface area contributed by atoms with Gasteiger partial charge in [-0.1, -0.05) is 11.8 Å². The summed E-state index contributed by atoms with van der Waals surface area (Å²) in [6, 6.07) is 11.5. The summed E-state index contributed by atoms with van der Waals surface area (Å²) >= 11 is 1.21. The number of ketones is 1. The van der Waals surface area contributed by atoms with Gasteiger partial charge in [0.05, 0.1) is 31.2 Å².